The summed E-state index contributed by atoms with van der Waals surface area (Å²) in [5.74, 6) is 2.56. The van der Waals surface area contributed by atoms with E-state index in [1.165, 1.54) is 35.9 Å². The predicted molar refractivity (Wildman–Crippen MR) is 111 cm³/mol. The fourth-order valence-corrected chi connectivity index (χ4v) is 7.86. The fraction of sp³-hybridized carbons (Fsp3) is 0.652. The third kappa shape index (κ3) is 2.59. The van der Waals surface area contributed by atoms with Gasteiger partial charge in [-0.05, 0) is 67.9 Å². The summed E-state index contributed by atoms with van der Waals surface area (Å²) in [6, 6.07) is 4.29. The molecule has 1 heterocycles. The Hall–Kier alpha value is -2.45. The molecule has 5 aliphatic rings. The summed E-state index contributed by atoms with van der Waals surface area (Å²) < 4.78 is 39.5. The van der Waals surface area contributed by atoms with Crippen molar-refractivity contribution in [2.45, 2.75) is 43.8 Å². The molecule has 0 bridgehead atoms. The summed E-state index contributed by atoms with van der Waals surface area (Å²) in [4.78, 5) is 26.6. The molecule has 0 aromatic heterocycles. The maximum absolute atomic E-state index is 13.2. The number of hydrogen-bond donors (Lipinski definition) is 3. The van der Waals surface area contributed by atoms with E-state index in [2.05, 4.69) is 16.0 Å². The maximum Gasteiger partial charge on any atom is 0.418 e. The Balaban J connectivity index is 0.986. The number of alkyl halides is 3. The van der Waals surface area contributed by atoms with Crippen molar-refractivity contribution in [1.29, 1.82) is 0 Å². The van der Waals surface area contributed by atoms with Crippen LogP contribution in [0.1, 0.15) is 37.7 Å². The van der Waals surface area contributed by atoms with Gasteiger partial charge in [-0.2, -0.15) is 13.2 Å². The van der Waals surface area contributed by atoms with Crippen molar-refractivity contribution in [2.75, 3.05) is 25.0 Å². The van der Waals surface area contributed by atoms with E-state index < -0.39 is 17.8 Å². The van der Waals surface area contributed by atoms with Crippen molar-refractivity contribution < 1.29 is 22.8 Å². The van der Waals surface area contributed by atoms with Gasteiger partial charge in [0.2, 0.25) is 0 Å². The lowest BCUT2D eigenvalue weighted by molar-refractivity contribution is -0.393. The van der Waals surface area contributed by atoms with E-state index in [1.54, 1.807) is 0 Å². The van der Waals surface area contributed by atoms with Gasteiger partial charge in [0.15, 0.2) is 0 Å². The van der Waals surface area contributed by atoms with Crippen LogP contribution in [-0.2, 0) is 6.18 Å². The van der Waals surface area contributed by atoms with Gasteiger partial charge in [0.05, 0.1) is 11.3 Å². The zero-order valence-electron chi connectivity index (χ0n) is 17.7. The molecular weight excluding hydrogens is 421 g/mol. The standard InChI is InChI=1S/C23H27F3N4O2/c24-23(25,26)17-3-1-2-4-18(17)28-20(32)30-6-5-13(12-30)11-27-19(31)29-21-9-15-7-14-8-16(10-21)22(14,15)21/h1-4,13-16H,5-12H2,(H,28,32)(H2,27,29,31). The number of para-hydroxylation sites is 1. The molecule has 1 saturated heterocycles. The molecule has 4 amide bonds. The lowest BCUT2D eigenvalue weighted by Crippen LogP contribution is -2.93. The van der Waals surface area contributed by atoms with Crippen molar-refractivity contribution in [1.82, 2.24) is 15.5 Å². The van der Waals surface area contributed by atoms with E-state index in [-0.39, 0.29) is 23.2 Å². The molecule has 6 nitrogen and oxygen atoms in total. The second kappa shape index (κ2) is 6.54. The molecule has 4 saturated carbocycles. The number of rotatable bonds is 4. The number of urea groups is 2. The molecule has 3 atom stereocenters. The van der Waals surface area contributed by atoms with Crippen LogP contribution in [0.3, 0.4) is 0 Å². The first-order chi connectivity index (χ1) is 15.2. The SMILES string of the molecule is O=C(NCC1CCN(C(=O)Nc2ccccc2C(F)(F)F)C1)NC12CC3CC4CC(C1)C432. The van der Waals surface area contributed by atoms with Crippen LogP contribution in [0.25, 0.3) is 0 Å². The maximum atomic E-state index is 13.2. The minimum atomic E-state index is -4.53. The monoisotopic (exact) mass is 448 g/mol. The number of benzene rings is 1. The molecule has 1 spiro atoms. The zero-order chi connectivity index (χ0) is 22.3. The number of nitrogens with one attached hydrogen (secondary N) is 3. The normalized spacial score (nSPS) is 38.2. The summed E-state index contributed by atoms with van der Waals surface area (Å²) in [6.07, 6.45) is 1.09. The largest absolute Gasteiger partial charge is 0.418 e. The average molecular weight is 448 g/mol. The Kier molecular flexibility index (Phi) is 4.13. The first-order valence-corrected chi connectivity index (χ1v) is 11.5. The summed E-state index contributed by atoms with van der Waals surface area (Å²) in [5.41, 5.74) is -0.647. The van der Waals surface area contributed by atoms with Gasteiger partial charge in [-0.25, -0.2) is 9.59 Å². The highest BCUT2D eigenvalue weighted by atomic mass is 19.4. The number of nitrogens with zero attached hydrogens (tertiary/aromatic N) is 1. The molecule has 172 valence electrons. The molecule has 6 rings (SSSR count). The highest BCUT2D eigenvalue weighted by Crippen LogP contribution is 2.89. The van der Waals surface area contributed by atoms with Gasteiger partial charge >= 0.3 is 18.2 Å². The first-order valence-electron chi connectivity index (χ1n) is 11.5. The van der Waals surface area contributed by atoms with Gasteiger partial charge in [0, 0.05) is 30.6 Å². The van der Waals surface area contributed by atoms with Crippen LogP contribution in [0.4, 0.5) is 28.4 Å². The summed E-state index contributed by atoms with van der Waals surface area (Å²) in [5, 5.41) is 8.64. The number of carbonyl (C=O) groups is 2. The van der Waals surface area contributed by atoms with Crippen LogP contribution in [-0.4, -0.2) is 42.1 Å². The van der Waals surface area contributed by atoms with E-state index in [0.29, 0.717) is 31.5 Å². The minimum absolute atomic E-state index is 0.0288. The van der Waals surface area contributed by atoms with Gasteiger partial charge < -0.3 is 20.9 Å². The smallest absolute Gasteiger partial charge is 0.338 e. The second-order valence-electron chi connectivity index (χ2n) is 10.4. The topological polar surface area (TPSA) is 73.5 Å². The molecular formula is C23H27F3N4O2. The summed E-state index contributed by atoms with van der Waals surface area (Å²) in [6.45, 7) is 1.31. The minimum Gasteiger partial charge on any atom is -0.338 e. The van der Waals surface area contributed by atoms with E-state index in [1.807, 2.05) is 0 Å². The van der Waals surface area contributed by atoms with Crippen LogP contribution < -0.4 is 16.0 Å². The van der Waals surface area contributed by atoms with Crippen LogP contribution in [0.5, 0.6) is 0 Å². The molecule has 4 aliphatic carbocycles. The second-order valence-corrected chi connectivity index (χ2v) is 10.4. The number of amides is 4. The molecule has 1 aliphatic heterocycles. The van der Waals surface area contributed by atoms with Crippen molar-refractivity contribution in [3.05, 3.63) is 29.8 Å². The summed E-state index contributed by atoms with van der Waals surface area (Å²) >= 11 is 0. The van der Waals surface area contributed by atoms with Gasteiger partial charge in [-0.15, -0.1) is 0 Å². The van der Waals surface area contributed by atoms with Gasteiger partial charge in [-0.3, -0.25) is 0 Å². The van der Waals surface area contributed by atoms with E-state index in [9.17, 15) is 22.8 Å². The van der Waals surface area contributed by atoms with E-state index >= 15 is 0 Å². The van der Waals surface area contributed by atoms with Gasteiger partial charge in [-0.1, -0.05) is 12.1 Å². The molecule has 0 radical (unpaired) electrons. The number of hydrogen-bond acceptors (Lipinski definition) is 2. The van der Waals surface area contributed by atoms with Crippen molar-refractivity contribution >= 4 is 17.7 Å². The van der Waals surface area contributed by atoms with Crippen LogP contribution in [0, 0.1) is 29.1 Å². The molecule has 5 fully saturated rings. The van der Waals surface area contributed by atoms with Crippen LogP contribution in [0.15, 0.2) is 24.3 Å². The highest BCUT2D eigenvalue weighted by molar-refractivity contribution is 5.90. The van der Waals surface area contributed by atoms with Gasteiger partial charge in [0.1, 0.15) is 0 Å². The third-order valence-electron chi connectivity index (χ3n) is 9.13. The lowest BCUT2D eigenvalue weighted by atomic mass is 9.15. The number of carbonyl (C=O) groups excluding carboxylic acids is 2. The highest BCUT2D eigenvalue weighted by Gasteiger charge is 2.88. The predicted octanol–water partition coefficient (Wildman–Crippen LogP) is 4.05. The molecule has 3 N–H and O–H groups in total. The van der Waals surface area contributed by atoms with Crippen molar-refractivity contribution in [3.8, 4) is 0 Å². The number of anilines is 1. The molecule has 1 aromatic carbocycles. The Morgan fingerprint density at radius 1 is 1.09 bits per heavy atom. The average Bonchev–Trinajstić information content (AvgIpc) is 3.15. The van der Waals surface area contributed by atoms with Crippen LogP contribution in [0.2, 0.25) is 0 Å². The fourth-order valence-electron chi connectivity index (χ4n) is 7.86. The molecule has 1 aromatic rings. The first kappa shape index (κ1) is 20.2. The zero-order valence-corrected chi connectivity index (χ0v) is 17.7. The number of likely N-dealkylation sites (tertiary alicyclic amines) is 1. The van der Waals surface area contributed by atoms with Crippen molar-refractivity contribution in [2.24, 2.45) is 29.1 Å². The Labute approximate surface area is 184 Å². The Morgan fingerprint density at radius 2 is 1.81 bits per heavy atom. The lowest BCUT2D eigenvalue weighted by Gasteiger charge is -2.90. The van der Waals surface area contributed by atoms with E-state index in [4.69, 9.17) is 0 Å². The summed E-state index contributed by atoms with van der Waals surface area (Å²) in [7, 11) is 0. The Bertz CT molecular complexity index is 955. The molecule has 3 unspecified atom stereocenters. The van der Waals surface area contributed by atoms with E-state index in [0.717, 1.165) is 36.7 Å². The third-order valence-corrected chi connectivity index (χ3v) is 9.13. The Morgan fingerprint density at radius 3 is 2.47 bits per heavy atom. The van der Waals surface area contributed by atoms with Gasteiger partial charge in [0.25, 0.3) is 0 Å². The molecule has 9 heteroatoms. The molecule has 32 heavy (non-hydrogen) atoms. The quantitative estimate of drug-likeness (QED) is 0.650. The number of halogens is 3. The van der Waals surface area contributed by atoms with Crippen LogP contribution >= 0.6 is 0 Å². The van der Waals surface area contributed by atoms with Crippen molar-refractivity contribution in [3.63, 3.8) is 0 Å².